The van der Waals surface area contributed by atoms with E-state index in [1.807, 2.05) is 13.8 Å². The quantitative estimate of drug-likeness (QED) is 0.772. The fourth-order valence-electron chi connectivity index (χ4n) is 2.17. The molecule has 0 saturated heterocycles. The minimum absolute atomic E-state index is 0.0476. The van der Waals surface area contributed by atoms with Gasteiger partial charge >= 0.3 is 11.9 Å². The van der Waals surface area contributed by atoms with Crippen molar-refractivity contribution in [2.75, 3.05) is 18.5 Å². The maximum absolute atomic E-state index is 12.1. The summed E-state index contributed by atoms with van der Waals surface area (Å²) in [5.41, 5.74) is 1.21. The van der Waals surface area contributed by atoms with Crippen molar-refractivity contribution in [2.45, 2.75) is 40.0 Å². The Morgan fingerprint density at radius 2 is 1.91 bits per heavy atom. The number of hydrogen-bond acceptors (Lipinski definition) is 6. The molecular formula is C16H21NO5S. The van der Waals surface area contributed by atoms with Crippen molar-refractivity contribution in [3.63, 3.8) is 0 Å². The van der Waals surface area contributed by atoms with E-state index in [0.29, 0.717) is 10.6 Å². The van der Waals surface area contributed by atoms with E-state index < -0.39 is 11.9 Å². The summed E-state index contributed by atoms with van der Waals surface area (Å²) in [7, 11) is 0. The topological polar surface area (TPSA) is 81.7 Å². The highest BCUT2D eigenvalue weighted by Crippen LogP contribution is 2.34. The molecule has 2 rings (SSSR count). The largest absolute Gasteiger partial charge is 0.462 e. The van der Waals surface area contributed by atoms with Gasteiger partial charge in [-0.2, -0.15) is 0 Å². The van der Waals surface area contributed by atoms with Crippen molar-refractivity contribution in [1.29, 1.82) is 0 Å². The number of aryl methyl sites for hydroxylation is 1. The summed E-state index contributed by atoms with van der Waals surface area (Å²) in [6, 6.07) is 0. The lowest BCUT2D eigenvalue weighted by molar-refractivity contribution is -0.148. The van der Waals surface area contributed by atoms with E-state index in [0.717, 1.165) is 29.7 Å². The van der Waals surface area contributed by atoms with Gasteiger partial charge in [0.15, 0.2) is 6.61 Å². The molecule has 1 aromatic heterocycles. The van der Waals surface area contributed by atoms with Crippen LogP contribution in [0.2, 0.25) is 0 Å². The summed E-state index contributed by atoms with van der Waals surface area (Å²) in [6.07, 6.45) is 2.42. The molecular weight excluding hydrogens is 318 g/mol. The van der Waals surface area contributed by atoms with Gasteiger partial charge in [0.1, 0.15) is 5.00 Å². The van der Waals surface area contributed by atoms with Gasteiger partial charge in [0.25, 0.3) is 5.91 Å². The molecule has 6 nitrogen and oxygen atoms in total. The van der Waals surface area contributed by atoms with Crippen molar-refractivity contribution in [2.24, 2.45) is 5.92 Å². The summed E-state index contributed by atoms with van der Waals surface area (Å²) in [5, 5.41) is 3.11. The molecule has 0 bridgehead atoms. The molecule has 1 aromatic rings. The van der Waals surface area contributed by atoms with Crippen LogP contribution in [0.25, 0.3) is 0 Å². The minimum atomic E-state index is -0.453. The van der Waals surface area contributed by atoms with Crippen LogP contribution in [-0.2, 0) is 25.5 Å². The SMILES string of the molecule is CCOC(=O)c1c(NC(=O)COC(=O)C2CC2)sc(CC)c1C. The standard InChI is InChI=1S/C16H21NO5S/c1-4-11-9(3)13(16(20)21-5-2)14(23-11)17-12(18)8-22-15(19)10-6-7-10/h10H,4-8H2,1-3H3,(H,17,18). The molecule has 126 valence electrons. The number of carbonyl (C=O) groups is 3. The van der Waals surface area contributed by atoms with E-state index in [2.05, 4.69) is 5.32 Å². The zero-order valence-corrected chi connectivity index (χ0v) is 14.4. The van der Waals surface area contributed by atoms with Gasteiger partial charge in [-0.15, -0.1) is 11.3 Å². The van der Waals surface area contributed by atoms with Gasteiger partial charge in [-0.05, 0) is 38.7 Å². The van der Waals surface area contributed by atoms with Crippen LogP contribution in [0, 0.1) is 12.8 Å². The molecule has 1 heterocycles. The van der Waals surface area contributed by atoms with Crippen LogP contribution in [-0.4, -0.2) is 31.1 Å². The van der Waals surface area contributed by atoms with Gasteiger partial charge in [-0.1, -0.05) is 6.92 Å². The first kappa shape index (κ1) is 17.5. The van der Waals surface area contributed by atoms with Gasteiger partial charge in [0.05, 0.1) is 18.1 Å². The first-order valence-corrected chi connectivity index (χ1v) is 8.55. The number of carbonyl (C=O) groups excluding carboxylic acids is 3. The first-order valence-electron chi connectivity index (χ1n) is 7.73. The van der Waals surface area contributed by atoms with Crippen molar-refractivity contribution in [3.05, 3.63) is 16.0 Å². The van der Waals surface area contributed by atoms with Gasteiger partial charge in [0, 0.05) is 4.88 Å². The second kappa shape index (κ2) is 7.59. The second-order valence-electron chi connectivity index (χ2n) is 5.36. The van der Waals surface area contributed by atoms with E-state index >= 15 is 0 Å². The molecule has 0 radical (unpaired) electrons. The number of thiophene rings is 1. The molecule has 1 fully saturated rings. The number of nitrogens with one attached hydrogen (secondary N) is 1. The van der Waals surface area contributed by atoms with E-state index in [1.54, 1.807) is 6.92 Å². The van der Waals surface area contributed by atoms with Crippen molar-refractivity contribution in [1.82, 2.24) is 0 Å². The highest BCUT2D eigenvalue weighted by atomic mass is 32.1. The Bertz CT molecular complexity index is 618. The Hall–Kier alpha value is -1.89. The van der Waals surface area contributed by atoms with Crippen LogP contribution in [0.4, 0.5) is 5.00 Å². The van der Waals surface area contributed by atoms with Crippen LogP contribution in [0.5, 0.6) is 0 Å². The smallest absolute Gasteiger partial charge is 0.341 e. The van der Waals surface area contributed by atoms with E-state index in [4.69, 9.17) is 9.47 Å². The van der Waals surface area contributed by atoms with Crippen LogP contribution < -0.4 is 5.32 Å². The molecule has 0 atom stereocenters. The molecule has 1 amide bonds. The number of amides is 1. The maximum atomic E-state index is 12.1. The molecule has 7 heteroatoms. The number of anilines is 1. The normalized spacial score (nSPS) is 13.5. The molecule has 0 spiro atoms. The summed E-state index contributed by atoms with van der Waals surface area (Å²) in [5.74, 6) is -1.28. The van der Waals surface area contributed by atoms with Crippen molar-refractivity contribution in [3.8, 4) is 0 Å². The zero-order valence-electron chi connectivity index (χ0n) is 13.6. The summed E-state index contributed by atoms with van der Waals surface area (Å²) >= 11 is 1.35. The van der Waals surface area contributed by atoms with Crippen LogP contribution in [0.15, 0.2) is 0 Å². The molecule has 1 aliphatic rings. The van der Waals surface area contributed by atoms with E-state index in [9.17, 15) is 14.4 Å². The van der Waals surface area contributed by atoms with Gasteiger partial charge in [-0.3, -0.25) is 9.59 Å². The molecule has 1 aliphatic carbocycles. The summed E-state index contributed by atoms with van der Waals surface area (Å²) in [6.45, 7) is 5.48. The third kappa shape index (κ3) is 4.31. The highest BCUT2D eigenvalue weighted by Gasteiger charge is 2.31. The summed E-state index contributed by atoms with van der Waals surface area (Å²) in [4.78, 5) is 36.5. The zero-order chi connectivity index (χ0) is 17.0. The molecule has 23 heavy (non-hydrogen) atoms. The third-order valence-corrected chi connectivity index (χ3v) is 4.91. The van der Waals surface area contributed by atoms with Gasteiger partial charge < -0.3 is 14.8 Å². The Morgan fingerprint density at radius 1 is 1.22 bits per heavy atom. The number of ether oxygens (including phenoxy) is 2. The monoisotopic (exact) mass is 339 g/mol. The molecule has 1 N–H and O–H groups in total. The molecule has 1 saturated carbocycles. The van der Waals surface area contributed by atoms with Crippen LogP contribution in [0.3, 0.4) is 0 Å². The van der Waals surface area contributed by atoms with Gasteiger partial charge in [-0.25, -0.2) is 4.79 Å². The lowest BCUT2D eigenvalue weighted by Gasteiger charge is -2.07. The molecule has 0 aliphatic heterocycles. The summed E-state index contributed by atoms with van der Waals surface area (Å²) < 4.78 is 10.0. The Kier molecular flexibility index (Phi) is 5.76. The predicted molar refractivity (Wildman–Crippen MR) is 86.7 cm³/mol. The molecule has 0 aromatic carbocycles. The Labute approximate surface area is 139 Å². The van der Waals surface area contributed by atoms with Crippen molar-refractivity contribution < 1.29 is 23.9 Å². The average molecular weight is 339 g/mol. The maximum Gasteiger partial charge on any atom is 0.341 e. The van der Waals surface area contributed by atoms with Crippen LogP contribution in [0.1, 0.15) is 47.5 Å². The van der Waals surface area contributed by atoms with E-state index in [-0.39, 0.29) is 25.1 Å². The average Bonchev–Trinajstić information content (AvgIpc) is 3.30. The predicted octanol–water partition coefficient (Wildman–Crippen LogP) is 2.69. The third-order valence-electron chi connectivity index (χ3n) is 3.56. The first-order chi connectivity index (χ1) is 11.0. The van der Waals surface area contributed by atoms with Crippen LogP contribution >= 0.6 is 11.3 Å². The van der Waals surface area contributed by atoms with Crippen molar-refractivity contribution >= 4 is 34.2 Å². The fraction of sp³-hybridized carbons (Fsp3) is 0.562. The lowest BCUT2D eigenvalue weighted by atomic mass is 10.1. The number of hydrogen-bond donors (Lipinski definition) is 1. The minimum Gasteiger partial charge on any atom is -0.462 e. The highest BCUT2D eigenvalue weighted by molar-refractivity contribution is 7.17. The van der Waals surface area contributed by atoms with Gasteiger partial charge in [0.2, 0.25) is 0 Å². The number of esters is 2. The Morgan fingerprint density at radius 3 is 2.48 bits per heavy atom. The second-order valence-corrected chi connectivity index (χ2v) is 6.46. The fourth-order valence-corrected chi connectivity index (χ4v) is 3.32. The lowest BCUT2D eigenvalue weighted by Crippen LogP contribution is -2.22. The Balaban J connectivity index is 2.06. The molecule has 0 unspecified atom stereocenters. The van der Waals surface area contributed by atoms with E-state index in [1.165, 1.54) is 11.3 Å². The number of rotatable bonds is 7.